The zero-order valence-electron chi connectivity index (χ0n) is 9.68. The molecule has 0 saturated heterocycles. The van der Waals surface area contributed by atoms with E-state index in [2.05, 4.69) is 5.32 Å². The Hall–Kier alpha value is -1.10. The monoisotopic (exact) mass is 225 g/mol. The molecule has 4 heteroatoms. The molecule has 2 atom stereocenters. The van der Waals surface area contributed by atoms with E-state index >= 15 is 0 Å². The van der Waals surface area contributed by atoms with Crippen molar-refractivity contribution in [3.05, 3.63) is 29.8 Å². The normalized spacial score (nSPS) is 14.5. The Labute approximate surface area is 95.9 Å². The van der Waals surface area contributed by atoms with Crippen LogP contribution in [0.4, 0.5) is 0 Å². The van der Waals surface area contributed by atoms with Crippen molar-refractivity contribution < 1.29 is 14.9 Å². The first-order valence-electron chi connectivity index (χ1n) is 5.34. The molecule has 1 unspecified atom stereocenters. The van der Waals surface area contributed by atoms with Crippen molar-refractivity contribution in [2.75, 3.05) is 20.2 Å². The average Bonchev–Trinajstić information content (AvgIpc) is 2.28. The maximum Gasteiger partial charge on any atom is 0.119 e. The van der Waals surface area contributed by atoms with Gasteiger partial charge in [0.1, 0.15) is 5.75 Å². The molecular formula is C12H19NO3. The molecule has 1 aromatic rings. The number of methoxy groups -OCH3 is 1. The predicted molar refractivity (Wildman–Crippen MR) is 62.5 cm³/mol. The minimum absolute atomic E-state index is 0.405. The van der Waals surface area contributed by atoms with Crippen LogP contribution in [0, 0.1) is 0 Å². The minimum atomic E-state index is -0.589. The summed E-state index contributed by atoms with van der Waals surface area (Å²) in [6.45, 7) is 2.59. The number of ether oxygens (including phenoxy) is 1. The van der Waals surface area contributed by atoms with Gasteiger partial charge < -0.3 is 20.3 Å². The van der Waals surface area contributed by atoms with E-state index in [0.29, 0.717) is 13.1 Å². The summed E-state index contributed by atoms with van der Waals surface area (Å²) >= 11 is 0. The highest BCUT2D eigenvalue weighted by atomic mass is 16.5. The molecule has 1 rings (SSSR count). The third-order valence-electron chi connectivity index (χ3n) is 2.26. The largest absolute Gasteiger partial charge is 0.497 e. The van der Waals surface area contributed by atoms with Crippen molar-refractivity contribution in [2.45, 2.75) is 19.1 Å². The predicted octanol–water partition coefficient (Wildman–Crippen LogP) is 0.699. The van der Waals surface area contributed by atoms with Gasteiger partial charge in [-0.15, -0.1) is 0 Å². The highest BCUT2D eigenvalue weighted by Gasteiger charge is 2.08. The average molecular weight is 225 g/mol. The van der Waals surface area contributed by atoms with Crippen LogP contribution in [0.2, 0.25) is 0 Å². The summed E-state index contributed by atoms with van der Waals surface area (Å²) < 4.78 is 5.08. The van der Waals surface area contributed by atoms with Gasteiger partial charge in [-0.25, -0.2) is 0 Å². The lowest BCUT2D eigenvalue weighted by Gasteiger charge is -2.13. The van der Waals surface area contributed by atoms with Gasteiger partial charge in [0.05, 0.1) is 19.3 Å². The number of aliphatic hydroxyl groups excluding tert-OH is 2. The van der Waals surface area contributed by atoms with Gasteiger partial charge in [-0.1, -0.05) is 12.1 Å². The molecule has 0 heterocycles. The van der Waals surface area contributed by atoms with Gasteiger partial charge in [0.15, 0.2) is 0 Å². The van der Waals surface area contributed by atoms with E-state index in [-0.39, 0.29) is 0 Å². The maximum atomic E-state index is 9.85. The first-order valence-corrected chi connectivity index (χ1v) is 5.34. The van der Waals surface area contributed by atoms with Gasteiger partial charge in [0, 0.05) is 13.1 Å². The van der Waals surface area contributed by atoms with Gasteiger partial charge in [-0.2, -0.15) is 0 Å². The molecule has 3 N–H and O–H groups in total. The smallest absolute Gasteiger partial charge is 0.119 e. The van der Waals surface area contributed by atoms with Crippen LogP contribution in [0.1, 0.15) is 18.6 Å². The number of hydrogen-bond acceptors (Lipinski definition) is 4. The Bertz CT molecular complexity index is 315. The Morgan fingerprint density at radius 1 is 1.31 bits per heavy atom. The van der Waals surface area contributed by atoms with Gasteiger partial charge in [0.2, 0.25) is 0 Å². The third kappa shape index (κ3) is 4.18. The zero-order valence-corrected chi connectivity index (χ0v) is 9.68. The Morgan fingerprint density at radius 3 is 2.69 bits per heavy atom. The molecule has 0 radical (unpaired) electrons. The topological polar surface area (TPSA) is 61.7 Å². The molecule has 0 aromatic heterocycles. The van der Waals surface area contributed by atoms with Crippen molar-refractivity contribution in [1.29, 1.82) is 0 Å². The summed E-state index contributed by atoms with van der Waals surface area (Å²) in [4.78, 5) is 0. The van der Waals surface area contributed by atoms with Crippen LogP contribution in [0.3, 0.4) is 0 Å². The van der Waals surface area contributed by atoms with E-state index in [9.17, 15) is 5.11 Å². The number of aliphatic hydroxyl groups is 2. The molecule has 1 aromatic carbocycles. The molecule has 0 aliphatic heterocycles. The molecule has 0 bridgehead atoms. The van der Waals surface area contributed by atoms with Gasteiger partial charge in [-0.3, -0.25) is 0 Å². The highest BCUT2D eigenvalue weighted by Crippen LogP contribution is 2.18. The quantitative estimate of drug-likeness (QED) is 0.667. The summed E-state index contributed by atoms with van der Waals surface area (Å²) in [6, 6.07) is 7.32. The Balaban J connectivity index is 2.48. The van der Waals surface area contributed by atoms with Crippen LogP contribution >= 0.6 is 0 Å². The van der Waals surface area contributed by atoms with Crippen molar-refractivity contribution in [2.24, 2.45) is 0 Å². The van der Waals surface area contributed by atoms with Crippen LogP contribution in [0.25, 0.3) is 0 Å². The third-order valence-corrected chi connectivity index (χ3v) is 2.26. The van der Waals surface area contributed by atoms with Crippen molar-refractivity contribution >= 4 is 0 Å². The molecule has 16 heavy (non-hydrogen) atoms. The molecule has 4 nitrogen and oxygen atoms in total. The van der Waals surface area contributed by atoms with Crippen LogP contribution < -0.4 is 10.1 Å². The fourth-order valence-electron chi connectivity index (χ4n) is 1.40. The van der Waals surface area contributed by atoms with Gasteiger partial charge in [0.25, 0.3) is 0 Å². The highest BCUT2D eigenvalue weighted by molar-refractivity contribution is 5.29. The molecule has 0 saturated carbocycles. The standard InChI is InChI=1S/C12H19NO3/c1-9(14)7-13-8-12(15)10-4-3-5-11(6-10)16-2/h3-6,9,12-15H,7-8H2,1-2H3/t9-,12?/m1/s1. The molecule has 0 aliphatic rings. The maximum absolute atomic E-state index is 9.85. The summed E-state index contributed by atoms with van der Waals surface area (Å²) in [5.74, 6) is 0.729. The molecular weight excluding hydrogens is 206 g/mol. The number of hydrogen-bond donors (Lipinski definition) is 3. The van der Waals surface area contributed by atoms with Gasteiger partial charge in [-0.05, 0) is 24.6 Å². The molecule has 0 fully saturated rings. The van der Waals surface area contributed by atoms with Crippen molar-refractivity contribution in [3.8, 4) is 5.75 Å². The lowest BCUT2D eigenvalue weighted by molar-refractivity contribution is 0.154. The molecule has 90 valence electrons. The van der Waals surface area contributed by atoms with E-state index < -0.39 is 12.2 Å². The SMILES string of the molecule is COc1cccc(C(O)CNC[C@@H](C)O)c1. The zero-order chi connectivity index (χ0) is 12.0. The first-order chi connectivity index (χ1) is 7.63. The van der Waals surface area contributed by atoms with Crippen LogP contribution in [-0.2, 0) is 0 Å². The van der Waals surface area contributed by atoms with E-state index in [1.165, 1.54) is 0 Å². The second-order valence-corrected chi connectivity index (χ2v) is 3.80. The second-order valence-electron chi connectivity index (χ2n) is 3.80. The number of benzene rings is 1. The molecule has 0 spiro atoms. The van der Waals surface area contributed by atoms with E-state index in [1.807, 2.05) is 18.2 Å². The van der Waals surface area contributed by atoms with Gasteiger partial charge >= 0.3 is 0 Å². The summed E-state index contributed by atoms with van der Waals surface area (Å²) in [5.41, 5.74) is 0.803. The van der Waals surface area contributed by atoms with E-state index in [1.54, 1.807) is 20.1 Å². The Morgan fingerprint density at radius 2 is 2.06 bits per heavy atom. The van der Waals surface area contributed by atoms with Crippen LogP contribution in [0.15, 0.2) is 24.3 Å². The second kappa shape index (κ2) is 6.48. The fourth-order valence-corrected chi connectivity index (χ4v) is 1.40. The summed E-state index contributed by atoms with van der Waals surface area (Å²) in [5, 5.41) is 21.9. The van der Waals surface area contributed by atoms with Crippen LogP contribution in [-0.4, -0.2) is 36.5 Å². The van der Waals surface area contributed by atoms with Crippen molar-refractivity contribution in [3.63, 3.8) is 0 Å². The van der Waals surface area contributed by atoms with Crippen molar-refractivity contribution in [1.82, 2.24) is 5.32 Å². The first kappa shape index (κ1) is 13.0. The van der Waals surface area contributed by atoms with E-state index in [0.717, 1.165) is 11.3 Å². The minimum Gasteiger partial charge on any atom is -0.497 e. The number of nitrogens with one attached hydrogen (secondary N) is 1. The summed E-state index contributed by atoms with van der Waals surface area (Å²) in [6.07, 6.45) is -0.994. The number of rotatable bonds is 6. The lowest BCUT2D eigenvalue weighted by atomic mass is 10.1. The van der Waals surface area contributed by atoms with E-state index in [4.69, 9.17) is 9.84 Å². The molecule has 0 amide bonds. The molecule has 0 aliphatic carbocycles. The summed E-state index contributed by atoms with van der Waals surface area (Å²) in [7, 11) is 1.59. The van der Waals surface area contributed by atoms with Crippen LogP contribution in [0.5, 0.6) is 5.75 Å². The Kier molecular flexibility index (Phi) is 5.25. The fraction of sp³-hybridized carbons (Fsp3) is 0.500. The lowest BCUT2D eigenvalue weighted by Crippen LogP contribution is -2.28.